The molecule has 3 aromatic rings. The molecule has 3 rings (SSSR count). The summed E-state index contributed by atoms with van der Waals surface area (Å²) >= 11 is 1.65. The predicted octanol–water partition coefficient (Wildman–Crippen LogP) is 3.61. The number of anilines is 3. The first-order valence-electron chi connectivity index (χ1n) is 9.09. The topological polar surface area (TPSA) is 116 Å². The number of hydrogen-bond acceptors (Lipinski definition) is 7. The summed E-state index contributed by atoms with van der Waals surface area (Å²) in [6, 6.07) is 8.73. The molecular weight excluding hydrogens is 394 g/mol. The third kappa shape index (κ3) is 4.27. The third-order valence-corrected chi connectivity index (χ3v) is 5.52. The molecule has 0 saturated heterocycles. The van der Waals surface area contributed by atoms with E-state index in [0.29, 0.717) is 4.60 Å². The number of carbonyl (C=O) groups is 1. The van der Waals surface area contributed by atoms with Crippen molar-refractivity contribution in [3.63, 3.8) is 0 Å². The van der Waals surface area contributed by atoms with Gasteiger partial charge < -0.3 is 15.3 Å². The van der Waals surface area contributed by atoms with Crippen LogP contribution in [0.3, 0.4) is 0 Å². The third-order valence-electron chi connectivity index (χ3n) is 4.41. The molecule has 0 aliphatic carbocycles. The van der Waals surface area contributed by atoms with Gasteiger partial charge in [0, 0.05) is 23.8 Å². The molecule has 0 bridgehead atoms. The van der Waals surface area contributed by atoms with Gasteiger partial charge in [-0.15, -0.1) is 16.0 Å². The predicted molar refractivity (Wildman–Crippen MR) is 112 cm³/mol. The van der Waals surface area contributed by atoms with E-state index in [0.717, 1.165) is 11.3 Å². The van der Waals surface area contributed by atoms with Crippen molar-refractivity contribution < 1.29 is 19.1 Å². The number of hydrogen-bond donors (Lipinski definition) is 4. The van der Waals surface area contributed by atoms with Crippen LogP contribution in [0.25, 0.3) is 0 Å². The van der Waals surface area contributed by atoms with Crippen LogP contribution in [0.5, 0.6) is 5.75 Å². The summed E-state index contributed by atoms with van der Waals surface area (Å²) in [6.07, 6.45) is 0.753. The number of H-pyrrole nitrogens is 1. The minimum Gasteiger partial charge on any atom is -0.505 e. The van der Waals surface area contributed by atoms with Gasteiger partial charge in [0.15, 0.2) is 10.3 Å². The van der Waals surface area contributed by atoms with Crippen molar-refractivity contribution in [1.82, 2.24) is 10.1 Å². The molecule has 154 valence electrons. The molecule has 0 saturated carbocycles. The summed E-state index contributed by atoms with van der Waals surface area (Å²) in [5.74, 6) is -0.174. The van der Waals surface area contributed by atoms with Crippen LogP contribution in [0, 0.1) is 11.8 Å². The van der Waals surface area contributed by atoms with Crippen LogP contribution < -0.4 is 15.2 Å². The van der Waals surface area contributed by atoms with Crippen LogP contribution >= 0.6 is 11.3 Å². The van der Waals surface area contributed by atoms with Gasteiger partial charge in [-0.2, -0.15) is 0 Å². The fourth-order valence-corrected chi connectivity index (χ4v) is 3.87. The van der Waals surface area contributed by atoms with Gasteiger partial charge >= 0.3 is 5.82 Å². The fraction of sp³-hybridized carbons (Fsp3) is 0.316. The van der Waals surface area contributed by atoms with Crippen LogP contribution in [0.2, 0.25) is 0 Å². The lowest BCUT2D eigenvalue weighted by atomic mass is 10.1. The van der Waals surface area contributed by atoms with Gasteiger partial charge in [-0.05, 0) is 42.5 Å². The summed E-state index contributed by atoms with van der Waals surface area (Å²) in [5, 5.41) is 19.1. The second kappa shape index (κ2) is 8.39. The van der Waals surface area contributed by atoms with E-state index in [4.69, 9.17) is 4.63 Å². The van der Waals surface area contributed by atoms with Gasteiger partial charge in [0.25, 0.3) is 11.7 Å². The normalized spacial score (nSPS) is 11.9. The lowest BCUT2D eigenvalue weighted by Gasteiger charge is -2.14. The molecule has 9 nitrogen and oxygen atoms in total. The number of rotatable bonds is 7. The Balaban J connectivity index is 1.90. The molecule has 10 heteroatoms. The fourth-order valence-electron chi connectivity index (χ4n) is 2.85. The molecule has 2 heterocycles. The van der Waals surface area contributed by atoms with Crippen molar-refractivity contribution in [3.05, 3.63) is 50.6 Å². The molecule has 2 aromatic heterocycles. The number of aromatic hydroxyl groups is 1. The van der Waals surface area contributed by atoms with E-state index in [1.165, 1.54) is 15.8 Å². The standard InChI is InChI=1S/C19H23N5O4S/c1-5-13(15-10-9-11(2)29-15)21-18-17(22-28-24(18)27)20-14-8-6-7-12(16(14)25)19(26)23(3)4/h6-10,13H,5H2,1-4H3,(H3-,20,21,22,25,26,27)/p+1/t13-/m1/s1. The number of phenolic OH excluding ortho intramolecular Hbond substituents is 1. The monoisotopic (exact) mass is 418 g/mol. The number of benzene rings is 1. The smallest absolute Gasteiger partial charge is 0.367 e. The van der Waals surface area contributed by atoms with E-state index in [9.17, 15) is 14.8 Å². The highest BCUT2D eigenvalue weighted by Crippen LogP contribution is 2.33. The van der Waals surface area contributed by atoms with E-state index >= 15 is 0 Å². The zero-order valence-corrected chi connectivity index (χ0v) is 17.5. The Bertz CT molecular complexity index is 1070. The highest BCUT2D eigenvalue weighted by atomic mass is 32.1. The Morgan fingerprint density at radius 2 is 2.10 bits per heavy atom. The van der Waals surface area contributed by atoms with E-state index in [-0.39, 0.29) is 40.6 Å². The Labute approximate surface area is 171 Å². The molecular formula is C19H24N5O4S+. The number of carbonyl (C=O) groups excluding carboxylic acids is 1. The Morgan fingerprint density at radius 3 is 2.72 bits per heavy atom. The van der Waals surface area contributed by atoms with Gasteiger partial charge in [0.1, 0.15) is 6.04 Å². The second-order valence-corrected chi connectivity index (χ2v) is 8.07. The molecule has 0 aliphatic heterocycles. The number of thiophene rings is 1. The summed E-state index contributed by atoms with van der Waals surface area (Å²) in [5.41, 5.74) is 0.409. The summed E-state index contributed by atoms with van der Waals surface area (Å²) in [7, 11) is 3.20. The first kappa shape index (κ1) is 20.5. The lowest BCUT2D eigenvalue weighted by molar-refractivity contribution is -0.701. The Kier molecular flexibility index (Phi) is 5.92. The van der Waals surface area contributed by atoms with Crippen LogP contribution in [0.1, 0.15) is 39.5 Å². The molecule has 1 amide bonds. The van der Waals surface area contributed by atoms with E-state index in [1.54, 1.807) is 37.6 Å². The van der Waals surface area contributed by atoms with Gasteiger partial charge in [0.2, 0.25) is 0 Å². The first-order chi connectivity index (χ1) is 13.8. The number of aryl methyl sites for hydroxylation is 1. The maximum absolute atomic E-state index is 12.2. The minimum absolute atomic E-state index is 0.0873. The molecule has 4 N–H and O–H groups in total. The Morgan fingerprint density at radius 1 is 1.34 bits per heavy atom. The average Bonchev–Trinajstić information content (AvgIpc) is 3.27. The largest absolute Gasteiger partial charge is 0.505 e. The van der Waals surface area contributed by atoms with Crippen molar-refractivity contribution in [2.45, 2.75) is 26.3 Å². The number of amides is 1. The van der Waals surface area contributed by atoms with Crippen molar-refractivity contribution in [3.8, 4) is 5.75 Å². The number of phenols is 1. The van der Waals surface area contributed by atoms with Crippen molar-refractivity contribution in [2.24, 2.45) is 0 Å². The van der Waals surface area contributed by atoms with Gasteiger partial charge in [-0.3, -0.25) is 10.1 Å². The Hall–Kier alpha value is -3.27. The quantitative estimate of drug-likeness (QED) is 0.436. The molecule has 0 radical (unpaired) electrons. The van der Waals surface area contributed by atoms with Crippen LogP contribution in [-0.4, -0.2) is 35.2 Å². The zero-order valence-electron chi connectivity index (χ0n) is 16.6. The van der Waals surface area contributed by atoms with Crippen molar-refractivity contribution >= 4 is 34.6 Å². The molecule has 1 atom stereocenters. The summed E-state index contributed by atoms with van der Waals surface area (Å²) in [6.45, 7) is 4.04. The molecule has 0 aliphatic rings. The lowest BCUT2D eigenvalue weighted by Crippen LogP contribution is -2.22. The second-order valence-electron chi connectivity index (χ2n) is 6.75. The number of nitrogens with one attached hydrogen (secondary N) is 3. The minimum atomic E-state index is -0.335. The van der Waals surface area contributed by atoms with Gasteiger partial charge in [-0.1, -0.05) is 18.1 Å². The number of aromatic amines is 1. The number of nitrogens with zero attached hydrogens (tertiary/aromatic N) is 2. The summed E-state index contributed by atoms with van der Waals surface area (Å²) < 4.78 is 5.20. The highest BCUT2D eigenvalue weighted by molar-refractivity contribution is 7.12. The number of para-hydroxylation sites is 1. The van der Waals surface area contributed by atoms with Gasteiger partial charge in [-0.25, -0.2) is 0 Å². The maximum atomic E-state index is 12.2. The van der Waals surface area contributed by atoms with E-state index in [2.05, 4.69) is 15.8 Å². The molecule has 1 aromatic carbocycles. The van der Waals surface area contributed by atoms with E-state index < -0.39 is 0 Å². The summed E-state index contributed by atoms with van der Waals surface area (Å²) in [4.78, 5) is 28.0. The van der Waals surface area contributed by atoms with E-state index in [1.807, 2.05) is 26.0 Å². The SMILES string of the molecule is CC[C@@H](Nc1c(Nc2cccc(C(=O)N(C)C)c2O)[nH]o[n+]1=O)c1ccc(C)s1. The highest BCUT2D eigenvalue weighted by Gasteiger charge is 2.26. The average molecular weight is 418 g/mol. The van der Waals surface area contributed by atoms with Crippen molar-refractivity contribution in [1.29, 1.82) is 0 Å². The zero-order chi connectivity index (χ0) is 21.1. The molecule has 0 spiro atoms. The number of aromatic nitrogens is 2. The molecule has 0 unspecified atom stereocenters. The van der Waals surface area contributed by atoms with Crippen LogP contribution in [0.4, 0.5) is 17.3 Å². The molecule has 29 heavy (non-hydrogen) atoms. The first-order valence-corrected chi connectivity index (χ1v) is 9.91. The van der Waals surface area contributed by atoms with Crippen molar-refractivity contribution in [2.75, 3.05) is 24.7 Å². The van der Waals surface area contributed by atoms with Crippen LogP contribution in [-0.2, 0) is 0 Å². The molecule has 0 fully saturated rings. The van der Waals surface area contributed by atoms with Gasteiger partial charge in [0.05, 0.1) is 11.3 Å². The maximum Gasteiger partial charge on any atom is 0.367 e. The van der Waals surface area contributed by atoms with Crippen LogP contribution in [0.15, 0.2) is 35.0 Å².